The van der Waals surface area contributed by atoms with Crippen molar-refractivity contribution in [2.24, 2.45) is 7.05 Å². The fourth-order valence-electron chi connectivity index (χ4n) is 3.83. The van der Waals surface area contributed by atoms with Gasteiger partial charge in [0.15, 0.2) is 0 Å². The monoisotopic (exact) mass is 514 g/mol. The highest BCUT2D eigenvalue weighted by molar-refractivity contribution is 5.77. The van der Waals surface area contributed by atoms with Gasteiger partial charge in [-0.15, -0.1) is 0 Å². The van der Waals surface area contributed by atoms with E-state index in [1.54, 1.807) is 25.3 Å². The van der Waals surface area contributed by atoms with Gasteiger partial charge in [-0.25, -0.2) is 4.98 Å². The van der Waals surface area contributed by atoms with Crippen LogP contribution in [0.25, 0.3) is 11.0 Å². The van der Waals surface area contributed by atoms with Crippen molar-refractivity contribution < 1.29 is 37.3 Å². The number of imidazole rings is 1. The summed E-state index contributed by atoms with van der Waals surface area (Å²) in [5, 5.41) is 9.07. The van der Waals surface area contributed by atoms with Gasteiger partial charge in [0.1, 0.15) is 36.3 Å². The molecule has 0 saturated heterocycles. The van der Waals surface area contributed by atoms with E-state index in [1.807, 2.05) is 29.8 Å². The molecule has 10 heteroatoms. The van der Waals surface area contributed by atoms with Crippen molar-refractivity contribution in [3.05, 3.63) is 83.2 Å². The number of fused-ring (bicyclic) bond motifs is 1. The Kier molecular flexibility index (Phi) is 7.56. The molecule has 0 amide bonds. The number of aliphatic carboxylic acids is 1. The van der Waals surface area contributed by atoms with Gasteiger partial charge in [0, 0.05) is 25.6 Å². The van der Waals surface area contributed by atoms with Gasteiger partial charge in [0.25, 0.3) is 0 Å². The van der Waals surface area contributed by atoms with Crippen molar-refractivity contribution >= 4 is 17.0 Å². The van der Waals surface area contributed by atoms with Crippen molar-refractivity contribution in [1.82, 2.24) is 9.55 Å². The summed E-state index contributed by atoms with van der Waals surface area (Å²) in [5.74, 6) is 1.20. The number of carbonyl (C=O) groups is 1. The van der Waals surface area contributed by atoms with Crippen LogP contribution in [-0.2, 0) is 37.7 Å². The van der Waals surface area contributed by atoms with Crippen molar-refractivity contribution in [2.75, 3.05) is 7.11 Å². The second-order valence-corrected chi connectivity index (χ2v) is 8.38. The van der Waals surface area contributed by atoms with E-state index in [1.165, 1.54) is 12.1 Å². The molecule has 1 heterocycles. The summed E-state index contributed by atoms with van der Waals surface area (Å²) in [6.07, 6.45) is -4.39. The van der Waals surface area contributed by atoms with Gasteiger partial charge >= 0.3 is 12.1 Å². The summed E-state index contributed by atoms with van der Waals surface area (Å²) in [6.45, 7) is 0.0229. The quantitative estimate of drug-likeness (QED) is 0.289. The average molecular weight is 515 g/mol. The highest BCUT2D eigenvalue weighted by Gasteiger charge is 2.30. The number of aromatic nitrogens is 2. The standard InChI is InChI=1S/C27H25F3N2O5/c1-32-23-13-20(35-2)9-10-22(23)31-25(32)16-36-21-8-6-18(7-11-26(33)34)24(14-21)37-15-17-4-3-5-19(12-17)27(28,29)30/h3-6,8-10,12-14H,7,11,15-16H2,1-2H3,(H,33,34). The maximum Gasteiger partial charge on any atom is 0.416 e. The van der Waals surface area contributed by atoms with Gasteiger partial charge in [-0.05, 0) is 47.9 Å². The van der Waals surface area contributed by atoms with E-state index >= 15 is 0 Å². The highest BCUT2D eigenvalue weighted by atomic mass is 19.4. The van der Waals surface area contributed by atoms with Crippen LogP contribution in [0.3, 0.4) is 0 Å². The van der Waals surface area contributed by atoms with Gasteiger partial charge in [-0.1, -0.05) is 18.2 Å². The third-order valence-corrected chi connectivity index (χ3v) is 5.84. The van der Waals surface area contributed by atoms with Crippen molar-refractivity contribution in [3.8, 4) is 17.2 Å². The summed E-state index contributed by atoms with van der Waals surface area (Å²) in [6, 6.07) is 15.4. The Morgan fingerprint density at radius 2 is 1.78 bits per heavy atom. The number of carboxylic acid groups (broad SMARTS) is 1. The van der Waals surface area contributed by atoms with Gasteiger partial charge in [0.2, 0.25) is 0 Å². The molecule has 1 aromatic heterocycles. The Labute approximate surface area is 211 Å². The molecule has 7 nitrogen and oxygen atoms in total. The number of rotatable bonds is 10. The van der Waals surface area contributed by atoms with Gasteiger partial charge in [-0.2, -0.15) is 13.2 Å². The van der Waals surface area contributed by atoms with Gasteiger partial charge in [0.05, 0.1) is 23.7 Å². The number of nitrogens with zero attached hydrogens (tertiary/aromatic N) is 2. The Balaban J connectivity index is 1.53. The minimum absolute atomic E-state index is 0.122. The van der Waals surface area contributed by atoms with E-state index in [-0.39, 0.29) is 26.1 Å². The van der Waals surface area contributed by atoms with Crippen LogP contribution in [0, 0.1) is 0 Å². The molecule has 194 valence electrons. The molecule has 0 radical (unpaired) electrons. The number of halogens is 3. The number of alkyl halides is 3. The van der Waals surface area contributed by atoms with E-state index in [2.05, 4.69) is 4.98 Å². The number of benzene rings is 3. The Morgan fingerprint density at radius 3 is 2.51 bits per heavy atom. The molecular weight excluding hydrogens is 489 g/mol. The van der Waals surface area contributed by atoms with E-state index in [0.29, 0.717) is 34.2 Å². The minimum atomic E-state index is -4.46. The third-order valence-electron chi connectivity index (χ3n) is 5.84. The first-order valence-electron chi connectivity index (χ1n) is 11.4. The molecule has 0 spiro atoms. The molecular formula is C27H25F3N2O5. The summed E-state index contributed by atoms with van der Waals surface area (Å²) in [7, 11) is 3.46. The highest BCUT2D eigenvalue weighted by Crippen LogP contribution is 2.31. The molecule has 0 aliphatic rings. The zero-order valence-electron chi connectivity index (χ0n) is 20.2. The van der Waals surface area contributed by atoms with Crippen LogP contribution in [0.1, 0.15) is 28.9 Å². The zero-order valence-corrected chi connectivity index (χ0v) is 20.2. The molecule has 37 heavy (non-hydrogen) atoms. The van der Waals surface area contributed by atoms with E-state index in [4.69, 9.17) is 19.3 Å². The summed E-state index contributed by atoms with van der Waals surface area (Å²) >= 11 is 0. The first kappa shape index (κ1) is 25.9. The first-order chi connectivity index (χ1) is 17.6. The average Bonchev–Trinajstić information content (AvgIpc) is 3.19. The van der Waals surface area contributed by atoms with E-state index in [9.17, 15) is 18.0 Å². The van der Waals surface area contributed by atoms with Crippen LogP contribution in [-0.4, -0.2) is 27.7 Å². The number of aryl methyl sites for hydroxylation is 2. The van der Waals surface area contributed by atoms with Gasteiger partial charge < -0.3 is 23.9 Å². The summed E-state index contributed by atoms with van der Waals surface area (Å²) in [4.78, 5) is 15.7. The van der Waals surface area contributed by atoms with Crippen molar-refractivity contribution in [2.45, 2.75) is 32.2 Å². The summed E-state index contributed by atoms with van der Waals surface area (Å²) in [5.41, 5.74) is 1.84. The van der Waals surface area contributed by atoms with Crippen molar-refractivity contribution in [3.63, 3.8) is 0 Å². The molecule has 0 bridgehead atoms. The molecule has 1 N–H and O–H groups in total. The Bertz CT molecular complexity index is 1420. The fraction of sp³-hybridized carbons (Fsp3) is 0.259. The predicted molar refractivity (Wildman–Crippen MR) is 130 cm³/mol. The smallest absolute Gasteiger partial charge is 0.416 e. The normalized spacial score (nSPS) is 11.5. The van der Waals surface area contributed by atoms with E-state index in [0.717, 1.165) is 23.2 Å². The molecule has 3 aromatic carbocycles. The van der Waals surface area contributed by atoms with Gasteiger partial charge in [-0.3, -0.25) is 4.79 Å². The molecule has 0 fully saturated rings. The zero-order chi connectivity index (χ0) is 26.6. The Hall–Kier alpha value is -4.21. The van der Waals surface area contributed by atoms with Crippen LogP contribution in [0.2, 0.25) is 0 Å². The summed E-state index contributed by atoms with van der Waals surface area (Å²) < 4.78 is 58.1. The first-order valence-corrected chi connectivity index (χ1v) is 11.4. The minimum Gasteiger partial charge on any atom is -0.497 e. The lowest BCUT2D eigenvalue weighted by atomic mass is 10.1. The topological polar surface area (TPSA) is 82.8 Å². The van der Waals surface area contributed by atoms with Crippen LogP contribution < -0.4 is 14.2 Å². The number of ether oxygens (including phenoxy) is 3. The number of hydrogen-bond donors (Lipinski definition) is 1. The van der Waals surface area contributed by atoms with Crippen molar-refractivity contribution in [1.29, 1.82) is 0 Å². The predicted octanol–water partition coefficient (Wildman–Crippen LogP) is 5.78. The van der Waals surface area contributed by atoms with E-state index < -0.39 is 17.7 Å². The third kappa shape index (κ3) is 6.32. The maximum atomic E-state index is 13.1. The number of hydrogen-bond acceptors (Lipinski definition) is 5. The van der Waals surface area contributed by atoms with Crippen LogP contribution >= 0.6 is 0 Å². The lowest BCUT2D eigenvalue weighted by Crippen LogP contribution is -2.07. The van der Waals surface area contributed by atoms with Crippen LogP contribution in [0.5, 0.6) is 17.2 Å². The number of carboxylic acids is 1. The lowest BCUT2D eigenvalue weighted by Gasteiger charge is -2.15. The SMILES string of the molecule is COc1ccc2nc(COc3ccc(CCC(=O)O)c(OCc4cccc(C(F)(F)F)c4)c3)n(C)c2c1. The molecule has 0 saturated carbocycles. The molecule has 0 aliphatic carbocycles. The molecule has 4 rings (SSSR count). The second-order valence-electron chi connectivity index (χ2n) is 8.38. The van der Waals surface area contributed by atoms with Crippen LogP contribution in [0.15, 0.2) is 60.7 Å². The fourth-order valence-corrected chi connectivity index (χ4v) is 3.83. The second kappa shape index (κ2) is 10.8. The molecule has 4 aromatic rings. The molecule has 0 aliphatic heterocycles. The number of methoxy groups -OCH3 is 1. The lowest BCUT2D eigenvalue weighted by molar-refractivity contribution is -0.138. The maximum absolute atomic E-state index is 13.1. The Morgan fingerprint density at radius 1 is 1.00 bits per heavy atom. The molecule has 0 atom stereocenters. The largest absolute Gasteiger partial charge is 0.497 e. The molecule has 0 unspecified atom stereocenters. The van der Waals surface area contributed by atoms with Crippen LogP contribution in [0.4, 0.5) is 13.2 Å².